The van der Waals surface area contributed by atoms with Crippen LogP contribution in [-0.4, -0.2) is 22.2 Å². The molecule has 0 radical (unpaired) electrons. The molecule has 5 nitrogen and oxygen atoms in total. The van der Waals surface area contributed by atoms with E-state index in [0.29, 0.717) is 17.7 Å². The maximum absolute atomic E-state index is 12.9. The first-order chi connectivity index (χ1) is 10.9. The van der Waals surface area contributed by atoms with Gasteiger partial charge in [-0.25, -0.2) is 14.2 Å². The summed E-state index contributed by atoms with van der Waals surface area (Å²) >= 11 is 5.74. The van der Waals surface area contributed by atoms with Gasteiger partial charge < -0.3 is 15.7 Å². The van der Waals surface area contributed by atoms with E-state index in [2.05, 4.69) is 15.6 Å². The molecule has 1 aromatic carbocycles. The van der Waals surface area contributed by atoms with Crippen LogP contribution in [0.15, 0.2) is 42.6 Å². The molecule has 2 rings (SSSR count). The van der Waals surface area contributed by atoms with Crippen molar-refractivity contribution in [3.63, 3.8) is 0 Å². The monoisotopic (exact) mass is 337 g/mol. The van der Waals surface area contributed by atoms with Gasteiger partial charge in [-0.15, -0.1) is 0 Å². The number of urea groups is 1. The normalized spacial score (nSPS) is 13.2. The molecule has 0 fully saturated rings. The Balaban J connectivity index is 1.85. The molecule has 2 aromatic rings. The third-order valence-electron chi connectivity index (χ3n) is 3.19. The zero-order chi connectivity index (χ0) is 16.8. The maximum Gasteiger partial charge on any atom is 0.319 e. The number of nitrogens with zero attached hydrogens (tertiary/aromatic N) is 1. The lowest BCUT2D eigenvalue weighted by Gasteiger charge is -2.18. The topological polar surface area (TPSA) is 74.2 Å². The second kappa shape index (κ2) is 7.89. The molecule has 122 valence electrons. The van der Waals surface area contributed by atoms with E-state index in [4.69, 9.17) is 11.6 Å². The zero-order valence-corrected chi connectivity index (χ0v) is 13.2. The molecule has 2 amide bonds. The van der Waals surface area contributed by atoms with Gasteiger partial charge in [0, 0.05) is 17.9 Å². The lowest BCUT2D eigenvalue weighted by Crippen LogP contribution is -2.37. The van der Waals surface area contributed by atoms with E-state index >= 15 is 0 Å². The van der Waals surface area contributed by atoms with Gasteiger partial charge in [-0.05, 0) is 43.2 Å². The quantitative estimate of drug-likeness (QED) is 0.731. The SMILES string of the molecule is CC(CC(O)c1ccc(F)cc1)NC(=O)Nc1ccnc(Cl)c1. The third kappa shape index (κ3) is 5.50. The number of nitrogens with one attached hydrogen (secondary N) is 2. The van der Waals surface area contributed by atoms with Crippen LogP contribution >= 0.6 is 11.6 Å². The molecular formula is C16H17ClFN3O2. The van der Waals surface area contributed by atoms with E-state index in [9.17, 15) is 14.3 Å². The number of pyridine rings is 1. The number of amides is 2. The largest absolute Gasteiger partial charge is 0.388 e. The first-order valence-electron chi connectivity index (χ1n) is 7.06. The summed E-state index contributed by atoms with van der Waals surface area (Å²) in [7, 11) is 0. The van der Waals surface area contributed by atoms with Crippen molar-refractivity contribution in [3.8, 4) is 0 Å². The fourth-order valence-corrected chi connectivity index (χ4v) is 2.26. The summed E-state index contributed by atoms with van der Waals surface area (Å²) in [6.07, 6.45) is 0.997. The summed E-state index contributed by atoms with van der Waals surface area (Å²) in [5, 5.41) is 15.7. The summed E-state index contributed by atoms with van der Waals surface area (Å²) in [4.78, 5) is 15.7. The number of aromatic nitrogens is 1. The molecule has 0 aliphatic carbocycles. The summed E-state index contributed by atoms with van der Waals surface area (Å²) in [6.45, 7) is 1.77. The summed E-state index contributed by atoms with van der Waals surface area (Å²) in [6, 6.07) is 8.06. The van der Waals surface area contributed by atoms with E-state index in [1.54, 1.807) is 13.0 Å². The van der Waals surface area contributed by atoms with E-state index < -0.39 is 12.1 Å². The van der Waals surface area contributed by atoms with Crippen LogP contribution in [0.25, 0.3) is 0 Å². The molecule has 23 heavy (non-hydrogen) atoms. The number of benzene rings is 1. The number of carbonyl (C=O) groups is 1. The van der Waals surface area contributed by atoms with Crippen LogP contribution in [0.1, 0.15) is 25.0 Å². The zero-order valence-electron chi connectivity index (χ0n) is 12.5. The van der Waals surface area contributed by atoms with Crippen LogP contribution in [0.4, 0.5) is 14.9 Å². The van der Waals surface area contributed by atoms with Gasteiger partial charge in [-0.2, -0.15) is 0 Å². The first kappa shape index (κ1) is 17.2. The molecular weight excluding hydrogens is 321 g/mol. The average molecular weight is 338 g/mol. The molecule has 2 unspecified atom stereocenters. The lowest BCUT2D eigenvalue weighted by atomic mass is 10.0. The third-order valence-corrected chi connectivity index (χ3v) is 3.40. The van der Waals surface area contributed by atoms with Crippen molar-refractivity contribution in [1.29, 1.82) is 0 Å². The number of aliphatic hydroxyl groups is 1. The van der Waals surface area contributed by atoms with Gasteiger partial charge in [-0.1, -0.05) is 23.7 Å². The fraction of sp³-hybridized carbons (Fsp3) is 0.250. The van der Waals surface area contributed by atoms with Crippen LogP contribution < -0.4 is 10.6 Å². The molecule has 0 aliphatic rings. The van der Waals surface area contributed by atoms with E-state index in [0.717, 1.165) is 0 Å². The number of hydrogen-bond donors (Lipinski definition) is 3. The second-order valence-electron chi connectivity index (χ2n) is 5.17. The van der Waals surface area contributed by atoms with Crippen molar-refractivity contribution in [3.05, 3.63) is 59.1 Å². The maximum atomic E-state index is 12.9. The Morgan fingerprint density at radius 1 is 1.35 bits per heavy atom. The molecule has 1 aromatic heterocycles. The van der Waals surface area contributed by atoms with Crippen molar-refractivity contribution in [2.75, 3.05) is 5.32 Å². The van der Waals surface area contributed by atoms with E-state index in [-0.39, 0.29) is 17.0 Å². The van der Waals surface area contributed by atoms with Gasteiger partial charge >= 0.3 is 6.03 Å². The standard InChI is InChI=1S/C16H17ClFN3O2/c1-10(8-14(22)11-2-4-12(18)5-3-11)20-16(23)21-13-6-7-19-15(17)9-13/h2-7,9-10,14,22H,8H2,1H3,(H2,19,20,21,23). The number of halogens is 2. The first-order valence-corrected chi connectivity index (χ1v) is 7.44. The van der Waals surface area contributed by atoms with Crippen LogP contribution in [0.2, 0.25) is 5.15 Å². The number of anilines is 1. The van der Waals surface area contributed by atoms with Crippen LogP contribution in [-0.2, 0) is 0 Å². The fourth-order valence-electron chi connectivity index (χ4n) is 2.09. The number of aliphatic hydroxyl groups excluding tert-OH is 1. The van der Waals surface area contributed by atoms with Crippen LogP contribution in [0.3, 0.4) is 0 Å². The average Bonchev–Trinajstić information content (AvgIpc) is 2.47. The van der Waals surface area contributed by atoms with E-state index in [1.165, 1.54) is 36.5 Å². The summed E-state index contributed by atoms with van der Waals surface area (Å²) < 4.78 is 12.9. The molecule has 7 heteroatoms. The van der Waals surface area contributed by atoms with Crippen molar-refractivity contribution in [2.24, 2.45) is 0 Å². The summed E-state index contributed by atoms with van der Waals surface area (Å²) in [5.74, 6) is -0.359. The van der Waals surface area contributed by atoms with Gasteiger partial charge in [0.15, 0.2) is 0 Å². The molecule has 0 saturated heterocycles. The van der Waals surface area contributed by atoms with Crippen LogP contribution in [0, 0.1) is 5.82 Å². The van der Waals surface area contributed by atoms with Crippen molar-refractivity contribution < 1.29 is 14.3 Å². The molecule has 0 spiro atoms. The molecule has 3 N–H and O–H groups in total. The predicted octanol–water partition coefficient (Wildman–Crippen LogP) is 3.51. The molecule has 2 atom stereocenters. The molecule has 0 aliphatic heterocycles. The lowest BCUT2D eigenvalue weighted by molar-refractivity contribution is 0.155. The predicted molar refractivity (Wildman–Crippen MR) is 86.8 cm³/mol. The highest BCUT2D eigenvalue weighted by Gasteiger charge is 2.14. The Hall–Kier alpha value is -2.18. The number of hydrogen-bond acceptors (Lipinski definition) is 3. The van der Waals surface area contributed by atoms with Crippen molar-refractivity contribution in [2.45, 2.75) is 25.5 Å². The van der Waals surface area contributed by atoms with Crippen molar-refractivity contribution >= 4 is 23.3 Å². The highest BCUT2D eigenvalue weighted by molar-refractivity contribution is 6.29. The Morgan fingerprint density at radius 2 is 2.04 bits per heavy atom. The van der Waals surface area contributed by atoms with Gasteiger partial charge in [0.25, 0.3) is 0 Å². The molecule has 1 heterocycles. The van der Waals surface area contributed by atoms with Gasteiger partial charge in [0.2, 0.25) is 0 Å². The highest BCUT2D eigenvalue weighted by atomic mass is 35.5. The Morgan fingerprint density at radius 3 is 2.70 bits per heavy atom. The number of rotatable bonds is 5. The minimum atomic E-state index is -0.790. The Kier molecular flexibility index (Phi) is 5.90. The summed E-state index contributed by atoms with van der Waals surface area (Å²) in [5.41, 5.74) is 1.12. The van der Waals surface area contributed by atoms with Crippen molar-refractivity contribution in [1.82, 2.24) is 10.3 Å². The van der Waals surface area contributed by atoms with Crippen LogP contribution in [0.5, 0.6) is 0 Å². The highest BCUT2D eigenvalue weighted by Crippen LogP contribution is 2.18. The smallest absolute Gasteiger partial charge is 0.319 e. The number of carbonyl (C=O) groups excluding carboxylic acids is 1. The minimum absolute atomic E-state index is 0.280. The van der Waals surface area contributed by atoms with E-state index in [1.807, 2.05) is 0 Å². The van der Waals surface area contributed by atoms with Gasteiger partial charge in [0.05, 0.1) is 6.10 Å². The van der Waals surface area contributed by atoms with Gasteiger partial charge in [0.1, 0.15) is 11.0 Å². The minimum Gasteiger partial charge on any atom is -0.388 e. The van der Waals surface area contributed by atoms with Gasteiger partial charge in [-0.3, -0.25) is 0 Å². The Bertz CT molecular complexity index is 667. The Labute approximate surface area is 138 Å². The second-order valence-corrected chi connectivity index (χ2v) is 5.56. The molecule has 0 bridgehead atoms. The molecule has 0 saturated carbocycles.